The zero-order chi connectivity index (χ0) is 13.0. The minimum Gasteiger partial charge on any atom is -0.317 e. The molecular formula is C15H27N3. The molecule has 1 aromatic heterocycles. The largest absolute Gasteiger partial charge is 0.317 e. The van der Waals surface area contributed by atoms with E-state index in [-0.39, 0.29) is 0 Å². The smallest absolute Gasteiger partial charge is 0.0627 e. The Hall–Kier alpha value is -0.830. The first-order chi connectivity index (χ1) is 8.69. The van der Waals surface area contributed by atoms with E-state index in [1.165, 1.54) is 31.5 Å². The molecule has 1 fully saturated rings. The first-order valence-electron chi connectivity index (χ1n) is 7.38. The van der Waals surface area contributed by atoms with E-state index in [2.05, 4.69) is 36.5 Å². The summed E-state index contributed by atoms with van der Waals surface area (Å²) in [7, 11) is 2.00. The molecule has 3 nitrogen and oxygen atoms in total. The second-order valence-corrected chi connectivity index (χ2v) is 5.93. The van der Waals surface area contributed by atoms with Crippen molar-refractivity contribution in [3.8, 4) is 0 Å². The Morgan fingerprint density at radius 3 is 2.89 bits per heavy atom. The van der Waals surface area contributed by atoms with Crippen LogP contribution in [0.25, 0.3) is 0 Å². The molecule has 1 aliphatic carbocycles. The van der Waals surface area contributed by atoms with E-state index in [1.807, 2.05) is 11.7 Å². The molecule has 0 spiro atoms. The van der Waals surface area contributed by atoms with Gasteiger partial charge in [-0.15, -0.1) is 0 Å². The minimum atomic E-state index is 0.808. The van der Waals surface area contributed by atoms with E-state index in [1.54, 1.807) is 0 Å². The topological polar surface area (TPSA) is 29.9 Å². The molecule has 0 amide bonds. The van der Waals surface area contributed by atoms with Crippen LogP contribution < -0.4 is 5.32 Å². The summed E-state index contributed by atoms with van der Waals surface area (Å²) in [4.78, 5) is 0. The van der Waals surface area contributed by atoms with Crippen LogP contribution in [0.2, 0.25) is 0 Å². The number of rotatable bonds is 5. The Bertz CT molecular complexity index is 356. The maximum absolute atomic E-state index is 4.54. The number of nitrogens with one attached hydrogen (secondary N) is 1. The van der Waals surface area contributed by atoms with Crippen LogP contribution in [0.3, 0.4) is 0 Å². The molecule has 0 radical (unpaired) electrons. The molecule has 1 aliphatic rings. The summed E-state index contributed by atoms with van der Waals surface area (Å²) in [6.45, 7) is 6.86. The maximum atomic E-state index is 4.54. The van der Waals surface area contributed by atoms with Crippen LogP contribution in [0.1, 0.15) is 38.8 Å². The van der Waals surface area contributed by atoms with Crippen molar-refractivity contribution in [3.05, 3.63) is 18.0 Å². The average molecular weight is 249 g/mol. The molecule has 0 bridgehead atoms. The van der Waals surface area contributed by atoms with Gasteiger partial charge in [0, 0.05) is 13.2 Å². The first-order valence-corrected chi connectivity index (χ1v) is 7.38. The average Bonchev–Trinajstić information content (AvgIpc) is 2.74. The summed E-state index contributed by atoms with van der Waals surface area (Å²) in [6.07, 6.45) is 7.36. The lowest BCUT2D eigenvalue weighted by Crippen LogP contribution is -2.33. The van der Waals surface area contributed by atoms with Gasteiger partial charge in [-0.25, -0.2) is 0 Å². The number of aromatic nitrogens is 2. The van der Waals surface area contributed by atoms with E-state index >= 15 is 0 Å². The van der Waals surface area contributed by atoms with Gasteiger partial charge in [0.1, 0.15) is 0 Å². The Morgan fingerprint density at radius 1 is 1.39 bits per heavy atom. The summed E-state index contributed by atoms with van der Waals surface area (Å²) in [5, 5.41) is 8.07. The first kappa shape index (κ1) is 13.6. The standard InChI is InChI=1S/C15H27N3/c1-4-16-11-13-6-5-12(2)9-14(13)10-15-7-8-18(3)17-15/h7-8,12-14,16H,4-6,9-11H2,1-3H3. The Morgan fingerprint density at radius 2 is 2.22 bits per heavy atom. The predicted octanol–water partition coefficient (Wildman–Crippen LogP) is 2.62. The van der Waals surface area contributed by atoms with Gasteiger partial charge in [-0.1, -0.05) is 20.3 Å². The highest BCUT2D eigenvalue weighted by Gasteiger charge is 2.28. The van der Waals surface area contributed by atoms with Crippen molar-refractivity contribution in [2.45, 2.75) is 39.5 Å². The highest BCUT2D eigenvalue weighted by atomic mass is 15.2. The van der Waals surface area contributed by atoms with Crippen molar-refractivity contribution in [2.24, 2.45) is 24.8 Å². The molecule has 1 aromatic rings. The highest BCUT2D eigenvalue weighted by molar-refractivity contribution is 5.01. The lowest BCUT2D eigenvalue weighted by Gasteiger charge is -2.34. The molecule has 0 saturated heterocycles. The summed E-state index contributed by atoms with van der Waals surface area (Å²) in [5.74, 6) is 2.53. The number of nitrogens with zero attached hydrogens (tertiary/aromatic N) is 2. The fourth-order valence-corrected chi connectivity index (χ4v) is 3.25. The summed E-state index contributed by atoms with van der Waals surface area (Å²) < 4.78 is 1.92. The van der Waals surface area contributed by atoms with E-state index in [0.717, 1.165) is 30.7 Å². The predicted molar refractivity (Wildman–Crippen MR) is 75.5 cm³/mol. The number of aryl methyl sites for hydroxylation is 1. The fraction of sp³-hybridized carbons (Fsp3) is 0.800. The van der Waals surface area contributed by atoms with Gasteiger partial charge in [0.2, 0.25) is 0 Å². The van der Waals surface area contributed by atoms with Gasteiger partial charge < -0.3 is 5.32 Å². The molecular weight excluding hydrogens is 222 g/mol. The van der Waals surface area contributed by atoms with E-state index < -0.39 is 0 Å². The zero-order valence-electron chi connectivity index (χ0n) is 12.0. The third-order valence-corrected chi connectivity index (χ3v) is 4.30. The summed E-state index contributed by atoms with van der Waals surface area (Å²) in [6, 6.07) is 2.17. The van der Waals surface area contributed by atoms with E-state index in [4.69, 9.17) is 0 Å². The van der Waals surface area contributed by atoms with Crippen LogP contribution in [-0.4, -0.2) is 22.9 Å². The lowest BCUT2D eigenvalue weighted by molar-refractivity contribution is 0.183. The quantitative estimate of drug-likeness (QED) is 0.869. The van der Waals surface area contributed by atoms with Gasteiger partial charge in [-0.2, -0.15) is 5.10 Å². The third kappa shape index (κ3) is 3.58. The van der Waals surface area contributed by atoms with Crippen LogP contribution >= 0.6 is 0 Å². The minimum absolute atomic E-state index is 0.808. The molecule has 1 heterocycles. The summed E-state index contributed by atoms with van der Waals surface area (Å²) in [5.41, 5.74) is 1.26. The fourth-order valence-electron chi connectivity index (χ4n) is 3.25. The van der Waals surface area contributed by atoms with Crippen molar-refractivity contribution in [3.63, 3.8) is 0 Å². The molecule has 18 heavy (non-hydrogen) atoms. The van der Waals surface area contributed by atoms with E-state index in [0.29, 0.717) is 0 Å². The Balaban J connectivity index is 1.96. The second-order valence-electron chi connectivity index (χ2n) is 5.93. The summed E-state index contributed by atoms with van der Waals surface area (Å²) >= 11 is 0. The number of hydrogen-bond acceptors (Lipinski definition) is 2. The highest BCUT2D eigenvalue weighted by Crippen LogP contribution is 2.35. The SMILES string of the molecule is CCNCC1CCC(C)CC1Cc1ccn(C)n1. The van der Waals surface area contributed by atoms with Crippen molar-refractivity contribution in [2.75, 3.05) is 13.1 Å². The van der Waals surface area contributed by atoms with Gasteiger partial charge in [0.15, 0.2) is 0 Å². The molecule has 3 atom stereocenters. The van der Waals surface area contributed by atoms with Crippen LogP contribution in [0.4, 0.5) is 0 Å². The van der Waals surface area contributed by atoms with Crippen molar-refractivity contribution < 1.29 is 0 Å². The third-order valence-electron chi connectivity index (χ3n) is 4.30. The van der Waals surface area contributed by atoms with Crippen LogP contribution in [0, 0.1) is 17.8 Å². The molecule has 3 unspecified atom stereocenters. The molecule has 2 rings (SSSR count). The molecule has 1 N–H and O–H groups in total. The van der Waals surface area contributed by atoms with Gasteiger partial charge in [0.05, 0.1) is 5.69 Å². The molecule has 3 heteroatoms. The zero-order valence-corrected chi connectivity index (χ0v) is 12.0. The van der Waals surface area contributed by atoms with Crippen LogP contribution in [-0.2, 0) is 13.5 Å². The van der Waals surface area contributed by atoms with Gasteiger partial charge in [-0.05, 0) is 56.2 Å². The van der Waals surface area contributed by atoms with Crippen molar-refractivity contribution in [1.82, 2.24) is 15.1 Å². The Kier molecular flexibility index (Phi) is 4.81. The maximum Gasteiger partial charge on any atom is 0.0627 e. The second kappa shape index (κ2) is 6.37. The monoisotopic (exact) mass is 249 g/mol. The number of hydrogen-bond donors (Lipinski definition) is 1. The normalized spacial score (nSPS) is 28.5. The molecule has 1 saturated carbocycles. The van der Waals surface area contributed by atoms with E-state index in [9.17, 15) is 0 Å². The Labute approximate surface area is 111 Å². The van der Waals surface area contributed by atoms with Gasteiger partial charge in [0.25, 0.3) is 0 Å². The lowest BCUT2D eigenvalue weighted by atomic mass is 9.73. The van der Waals surface area contributed by atoms with Crippen molar-refractivity contribution in [1.29, 1.82) is 0 Å². The molecule has 0 aliphatic heterocycles. The van der Waals surface area contributed by atoms with Gasteiger partial charge >= 0.3 is 0 Å². The van der Waals surface area contributed by atoms with Crippen LogP contribution in [0.5, 0.6) is 0 Å². The molecule has 0 aromatic carbocycles. The van der Waals surface area contributed by atoms with Crippen molar-refractivity contribution >= 4 is 0 Å². The molecule has 102 valence electrons. The van der Waals surface area contributed by atoms with Gasteiger partial charge in [-0.3, -0.25) is 4.68 Å². The van der Waals surface area contributed by atoms with Crippen LogP contribution in [0.15, 0.2) is 12.3 Å².